The van der Waals surface area contributed by atoms with Crippen LogP contribution in [0.15, 0.2) is 12.2 Å². The smallest absolute Gasteiger partial charge is 0.306 e. The number of carbonyl (C=O) groups excluding carboxylic acids is 1. The Labute approximate surface area is 98.1 Å². The maximum atomic E-state index is 11.5. The van der Waals surface area contributed by atoms with Gasteiger partial charge in [-0.25, -0.2) is 0 Å². The van der Waals surface area contributed by atoms with Crippen LogP contribution < -0.4 is 0 Å². The zero-order valence-electron chi connectivity index (χ0n) is 10.6. The number of ether oxygens (including phenoxy) is 1. The van der Waals surface area contributed by atoms with Crippen LogP contribution >= 0.6 is 0 Å². The van der Waals surface area contributed by atoms with Crippen LogP contribution in [0.5, 0.6) is 0 Å². The molecule has 3 aliphatic carbocycles. The van der Waals surface area contributed by atoms with Crippen molar-refractivity contribution in [2.24, 2.45) is 23.2 Å². The van der Waals surface area contributed by atoms with E-state index in [2.05, 4.69) is 20.4 Å². The molecule has 16 heavy (non-hydrogen) atoms. The van der Waals surface area contributed by atoms with Crippen molar-refractivity contribution in [3.63, 3.8) is 0 Å². The van der Waals surface area contributed by atoms with E-state index in [1.807, 2.05) is 6.92 Å². The van der Waals surface area contributed by atoms with Gasteiger partial charge in [-0.15, -0.1) is 0 Å². The van der Waals surface area contributed by atoms with Gasteiger partial charge in [0.1, 0.15) is 0 Å². The second-order valence-corrected chi connectivity index (χ2v) is 5.82. The number of rotatable bonds is 3. The summed E-state index contributed by atoms with van der Waals surface area (Å²) in [5.74, 6) is 1.72. The van der Waals surface area contributed by atoms with Gasteiger partial charge in [0.15, 0.2) is 0 Å². The number of hydrogen-bond acceptors (Lipinski definition) is 2. The molecule has 0 aromatic carbocycles. The third kappa shape index (κ3) is 1.68. The standard InChI is InChI=1S/C14H22O2/c1-5-16-13(15)7-10-6-11-8-12(9(10)2)14(11,3)4/h10-12H,2,5-8H2,1,3-4H3/t10?,11-,12-/m1/s1. The van der Waals surface area contributed by atoms with Gasteiger partial charge in [-0.05, 0) is 42.9 Å². The zero-order chi connectivity index (χ0) is 11.9. The van der Waals surface area contributed by atoms with E-state index < -0.39 is 0 Å². The number of fused-ring (bicyclic) bond motifs is 2. The molecule has 2 nitrogen and oxygen atoms in total. The van der Waals surface area contributed by atoms with Crippen LogP contribution in [0.2, 0.25) is 0 Å². The third-order valence-electron chi connectivity index (χ3n) is 4.73. The monoisotopic (exact) mass is 222 g/mol. The van der Waals surface area contributed by atoms with Crippen LogP contribution in [0.4, 0.5) is 0 Å². The fourth-order valence-electron chi connectivity index (χ4n) is 3.46. The molecule has 0 N–H and O–H groups in total. The predicted octanol–water partition coefficient (Wildman–Crippen LogP) is 3.18. The Morgan fingerprint density at radius 3 is 2.69 bits per heavy atom. The first-order valence-corrected chi connectivity index (χ1v) is 6.31. The molecule has 0 spiro atoms. The first kappa shape index (κ1) is 11.7. The lowest BCUT2D eigenvalue weighted by molar-refractivity contribution is -0.145. The maximum absolute atomic E-state index is 11.5. The van der Waals surface area contributed by atoms with Crippen LogP contribution in [0.1, 0.15) is 40.0 Å². The number of hydrogen-bond donors (Lipinski definition) is 0. The molecular weight excluding hydrogens is 200 g/mol. The molecule has 3 fully saturated rings. The van der Waals surface area contributed by atoms with E-state index in [1.165, 1.54) is 12.0 Å². The van der Waals surface area contributed by atoms with Gasteiger partial charge in [-0.1, -0.05) is 26.0 Å². The molecular formula is C14H22O2. The highest BCUT2D eigenvalue weighted by atomic mass is 16.5. The number of esters is 1. The van der Waals surface area contributed by atoms with Gasteiger partial charge in [0, 0.05) is 0 Å². The summed E-state index contributed by atoms with van der Waals surface area (Å²) in [6.45, 7) is 11.2. The van der Waals surface area contributed by atoms with E-state index in [0.717, 1.165) is 12.3 Å². The third-order valence-corrected chi connectivity index (χ3v) is 4.73. The highest BCUT2D eigenvalue weighted by molar-refractivity contribution is 5.70. The SMILES string of the molecule is C=C1C(CC(=O)OCC)C[C@@H]2C[C@H]1C2(C)C. The zero-order valence-corrected chi connectivity index (χ0v) is 10.6. The van der Waals surface area contributed by atoms with Crippen LogP contribution in [0, 0.1) is 23.2 Å². The molecule has 3 rings (SSSR count). The van der Waals surface area contributed by atoms with Crippen molar-refractivity contribution in [3.05, 3.63) is 12.2 Å². The van der Waals surface area contributed by atoms with E-state index in [1.54, 1.807) is 0 Å². The Hall–Kier alpha value is -0.790. The van der Waals surface area contributed by atoms with E-state index in [0.29, 0.717) is 30.3 Å². The molecule has 3 atom stereocenters. The van der Waals surface area contributed by atoms with Crippen LogP contribution in [-0.2, 0) is 9.53 Å². The molecule has 3 aliphatic rings. The van der Waals surface area contributed by atoms with Crippen LogP contribution in [0.25, 0.3) is 0 Å². The number of allylic oxidation sites excluding steroid dienone is 1. The maximum Gasteiger partial charge on any atom is 0.306 e. The highest BCUT2D eigenvalue weighted by Crippen LogP contribution is 2.62. The lowest BCUT2D eigenvalue weighted by atomic mass is 9.45. The largest absolute Gasteiger partial charge is 0.466 e. The Morgan fingerprint density at radius 1 is 1.50 bits per heavy atom. The second-order valence-electron chi connectivity index (χ2n) is 5.82. The van der Waals surface area contributed by atoms with Gasteiger partial charge < -0.3 is 4.74 Å². The molecule has 0 amide bonds. The van der Waals surface area contributed by atoms with Crippen LogP contribution in [-0.4, -0.2) is 12.6 Å². The van der Waals surface area contributed by atoms with Crippen molar-refractivity contribution >= 4 is 5.97 Å². The van der Waals surface area contributed by atoms with Gasteiger partial charge in [0.2, 0.25) is 0 Å². The molecule has 0 radical (unpaired) electrons. The first-order chi connectivity index (χ1) is 7.46. The molecule has 2 heteroatoms. The summed E-state index contributed by atoms with van der Waals surface area (Å²) in [4.78, 5) is 11.5. The van der Waals surface area contributed by atoms with E-state index >= 15 is 0 Å². The minimum absolute atomic E-state index is 0.0623. The van der Waals surface area contributed by atoms with Crippen molar-refractivity contribution in [3.8, 4) is 0 Å². The molecule has 2 bridgehead atoms. The highest BCUT2D eigenvalue weighted by Gasteiger charge is 2.54. The topological polar surface area (TPSA) is 26.3 Å². The van der Waals surface area contributed by atoms with E-state index in [9.17, 15) is 4.79 Å². The van der Waals surface area contributed by atoms with E-state index in [-0.39, 0.29) is 5.97 Å². The molecule has 0 saturated heterocycles. The van der Waals surface area contributed by atoms with Gasteiger partial charge >= 0.3 is 5.97 Å². The summed E-state index contributed by atoms with van der Waals surface area (Å²) in [6.07, 6.45) is 2.95. The Morgan fingerprint density at radius 2 is 2.19 bits per heavy atom. The van der Waals surface area contributed by atoms with Crippen molar-refractivity contribution in [1.29, 1.82) is 0 Å². The fourth-order valence-corrected chi connectivity index (χ4v) is 3.46. The molecule has 1 unspecified atom stereocenters. The normalized spacial score (nSPS) is 35.4. The molecule has 0 aliphatic heterocycles. The van der Waals surface area contributed by atoms with Crippen molar-refractivity contribution in [2.45, 2.75) is 40.0 Å². The van der Waals surface area contributed by atoms with Gasteiger partial charge in [0.25, 0.3) is 0 Å². The molecule has 0 aromatic heterocycles. The Bertz CT molecular complexity index is 317. The molecule has 90 valence electrons. The molecule has 0 heterocycles. The average molecular weight is 222 g/mol. The lowest BCUT2D eigenvalue weighted by Crippen LogP contribution is -2.52. The van der Waals surface area contributed by atoms with Gasteiger partial charge in [-0.3, -0.25) is 4.79 Å². The summed E-state index contributed by atoms with van der Waals surface area (Å²) in [5, 5.41) is 0. The van der Waals surface area contributed by atoms with Crippen molar-refractivity contribution in [2.75, 3.05) is 6.61 Å². The van der Waals surface area contributed by atoms with E-state index in [4.69, 9.17) is 4.74 Å². The summed E-state index contributed by atoms with van der Waals surface area (Å²) >= 11 is 0. The molecule has 0 aromatic rings. The van der Waals surface area contributed by atoms with Gasteiger partial charge in [-0.2, -0.15) is 0 Å². The molecule has 3 saturated carbocycles. The second kappa shape index (κ2) is 3.90. The fraction of sp³-hybridized carbons (Fsp3) is 0.786. The Kier molecular flexibility index (Phi) is 2.85. The summed E-state index contributed by atoms with van der Waals surface area (Å²) in [6, 6.07) is 0. The lowest BCUT2D eigenvalue weighted by Gasteiger charge is -2.60. The summed E-state index contributed by atoms with van der Waals surface area (Å²) < 4.78 is 5.01. The predicted molar refractivity (Wildman–Crippen MR) is 63.9 cm³/mol. The number of carbonyl (C=O) groups is 1. The summed E-state index contributed by atoms with van der Waals surface area (Å²) in [7, 11) is 0. The summed E-state index contributed by atoms with van der Waals surface area (Å²) in [5.41, 5.74) is 1.71. The average Bonchev–Trinajstić information content (AvgIpc) is 2.20. The quantitative estimate of drug-likeness (QED) is 0.541. The first-order valence-electron chi connectivity index (χ1n) is 6.31. The minimum Gasteiger partial charge on any atom is -0.466 e. The van der Waals surface area contributed by atoms with Crippen molar-refractivity contribution in [1.82, 2.24) is 0 Å². The van der Waals surface area contributed by atoms with Gasteiger partial charge in [0.05, 0.1) is 13.0 Å². The van der Waals surface area contributed by atoms with Crippen LogP contribution in [0.3, 0.4) is 0 Å². The Balaban J connectivity index is 1.96. The van der Waals surface area contributed by atoms with Crippen molar-refractivity contribution < 1.29 is 9.53 Å². The minimum atomic E-state index is -0.0623.